The molecule has 90 valence electrons. The molecule has 0 aliphatic carbocycles. The normalized spacial score (nSPS) is 11.1. The zero-order chi connectivity index (χ0) is 12.1. The van der Waals surface area contributed by atoms with Gasteiger partial charge < -0.3 is 5.32 Å². The van der Waals surface area contributed by atoms with E-state index in [1.54, 1.807) is 0 Å². The lowest BCUT2D eigenvalue weighted by atomic mass is 10.2. The third-order valence-corrected chi connectivity index (χ3v) is 2.50. The van der Waals surface area contributed by atoms with Gasteiger partial charge in [0, 0.05) is 5.92 Å². The van der Waals surface area contributed by atoms with Crippen molar-refractivity contribution in [3.8, 4) is 0 Å². The number of nitrogens with zero attached hydrogens (tertiary/aromatic N) is 2. The van der Waals surface area contributed by atoms with Gasteiger partial charge in [0.25, 0.3) is 0 Å². The summed E-state index contributed by atoms with van der Waals surface area (Å²) in [6, 6.07) is 0.478. The molecule has 1 N–H and O–H groups in total. The van der Waals surface area contributed by atoms with Crippen molar-refractivity contribution in [3.63, 3.8) is 0 Å². The Morgan fingerprint density at radius 3 is 2.56 bits per heavy atom. The number of aromatic nitrogens is 2. The maximum atomic E-state index is 11.3. The molecule has 1 aromatic rings. The molecule has 16 heavy (non-hydrogen) atoms. The predicted molar refractivity (Wildman–Crippen MR) is 62.9 cm³/mol. The average Bonchev–Trinajstić information content (AvgIpc) is 2.66. The first-order chi connectivity index (χ1) is 7.50. The summed E-state index contributed by atoms with van der Waals surface area (Å²) in [5.41, 5.74) is 0. The maximum Gasteiger partial charge on any atom is 0.244 e. The first kappa shape index (κ1) is 12.7. The molecule has 0 unspecified atom stereocenters. The second kappa shape index (κ2) is 5.68. The van der Waals surface area contributed by atoms with Crippen molar-refractivity contribution < 1.29 is 9.36 Å². The van der Waals surface area contributed by atoms with Gasteiger partial charge in [-0.3, -0.25) is 4.79 Å². The quantitative estimate of drug-likeness (QED) is 0.748. The van der Waals surface area contributed by atoms with E-state index in [1.807, 2.05) is 20.0 Å². The molecule has 4 nitrogen and oxygen atoms in total. The number of rotatable bonds is 5. The summed E-state index contributed by atoms with van der Waals surface area (Å²) in [7, 11) is 0. The molecule has 0 aromatic carbocycles. The van der Waals surface area contributed by atoms with E-state index in [0.29, 0.717) is 12.6 Å². The Kier molecular flexibility index (Phi) is 4.52. The fourth-order valence-corrected chi connectivity index (χ4v) is 1.36. The number of carbonyl (C=O) groups is 1. The zero-order valence-electron chi connectivity index (χ0n) is 10.6. The topological polar surface area (TPSA) is 37.9 Å². The standard InChI is InChI=1S/C12H21N3O/c1-10(2)12(16)13-5-6-14-7-8-15(9-14)11(3)4/h7-11H,5-6H2,1-4H3/p+1. The van der Waals surface area contributed by atoms with E-state index >= 15 is 0 Å². The summed E-state index contributed by atoms with van der Waals surface area (Å²) < 4.78 is 4.23. The van der Waals surface area contributed by atoms with Crippen LogP contribution in [0.3, 0.4) is 0 Å². The molecule has 0 fully saturated rings. The Morgan fingerprint density at radius 1 is 1.38 bits per heavy atom. The highest BCUT2D eigenvalue weighted by atomic mass is 16.1. The molecule has 1 rings (SSSR count). The highest BCUT2D eigenvalue weighted by Crippen LogP contribution is 1.99. The second-order valence-electron chi connectivity index (χ2n) is 4.64. The van der Waals surface area contributed by atoms with Crippen molar-refractivity contribution in [1.29, 1.82) is 0 Å². The van der Waals surface area contributed by atoms with Crippen molar-refractivity contribution in [2.24, 2.45) is 5.92 Å². The number of carbonyl (C=O) groups excluding carboxylic acids is 1. The van der Waals surface area contributed by atoms with E-state index in [1.165, 1.54) is 0 Å². The van der Waals surface area contributed by atoms with E-state index in [0.717, 1.165) is 6.54 Å². The smallest absolute Gasteiger partial charge is 0.244 e. The SMILES string of the molecule is CC(C)C(=O)NCC[n+]1ccn(C(C)C)c1. The lowest BCUT2D eigenvalue weighted by molar-refractivity contribution is -0.694. The van der Waals surface area contributed by atoms with Crippen LogP contribution in [0.15, 0.2) is 18.7 Å². The number of amides is 1. The van der Waals surface area contributed by atoms with Crippen molar-refractivity contribution in [2.75, 3.05) is 6.54 Å². The third kappa shape index (κ3) is 3.68. The Hall–Kier alpha value is -1.32. The number of hydrogen-bond donors (Lipinski definition) is 1. The lowest BCUT2D eigenvalue weighted by Gasteiger charge is -2.05. The van der Waals surface area contributed by atoms with E-state index < -0.39 is 0 Å². The molecular formula is C12H22N3O+. The van der Waals surface area contributed by atoms with Crippen LogP contribution in [-0.2, 0) is 11.3 Å². The first-order valence-corrected chi connectivity index (χ1v) is 5.85. The predicted octanol–water partition coefficient (Wildman–Crippen LogP) is 1.13. The number of imidazole rings is 1. The second-order valence-corrected chi connectivity index (χ2v) is 4.64. The molecule has 0 saturated heterocycles. The van der Waals surface area contributed by atoms with Gasteiger partial charge in [-0.1, -0.05) is 13.8 Å². The maximum absolute atomic E-state index is 11.3. The van der Waals surface area contributed by atoms with Gasteiger partial charge in [0.2, 0.25) is 12.2 Å². The monoisotopic (exact) mass is 224 g/mol. The van der Waals surface area contributed by atoms with Crippen LogP contribution in [0, 0.1) is 5.92 Å². The summed E-state index contributed by atoms with van der Waals surface area (Å²) in [5, 5.41) is 2.90. The fourth-order valence-electron chi connectivity index (χ4n) is 1.36. The third-order valence-electron chi connectivity index (χ3n) is 2.50. The Morgan fingerprint density at radius 2 is 2.06 bits per heavy atom. The van der Waals surface area contributed by atoms with Gasteiger partial charge >= 0.3 is 0 Å². The molecule has 0 radical (unpaired) electrons. The summed E-state index contributed by atoms with van der Waals surface area (Å²) >= 11 is 0. The molecular weight excluding hydrogens is 202 g/mol. The van der Waals surface area contributed by atoms with Gasteiger partial charge in [-0.15, -0.1) is 0 Å². The summed E-state index contributed by atoms with van der Waals surface area (Å²) in [6.07, 6.45) is 6.14. The van der Waals surface area contributed by atoms with Crippen molar-refractivity contribution in [3.05, 3.63) is 18.7 Å². The molecule has 0 aliphatic heterocycles. The Bertz CT molecular complexity index is 342. The van der Waals surface area contributed by atoms with Crippen LogP contribution in [0.5, 0.6) is 0 Å². The summed E-state index contributed by atoms with van der Waals surface area (Å²) in [5.74, 6) is 0.175. The molecule has 0 aliphatic rings. The van der Waals surface area contributed by atoms with E-state index in [9.17, 15) is 4.79 Å². The van der Waals surface area contributed by atoms with Crippen LogP contribution in [0.25, 0.3) is 0 Å². The van der Waals surface area contributed by atoms with Gasteiger partial charge in [-0.25, -0.2) is 9.13 Å². The largest absolute Gasteiger partial charge is 0.352 e. The zero-order valence-corrected chi connectivity index (χ0v) is 10.6. The highest BCUT2D eigenvalue weighted by Gasteiger charge is 2.08. The van der Waals surface area contributed by atoms with Gasteiger partial charge in [-0.2, -0.15) is 0 Å². The van der Waals surface area contributed by atoms with Gasteiger partial charge in [0.1, 0.15) is 18.9 Å². The fraction of sp³-hybridized carbons (Fsp3) is 0.667. The average molecular weight is 224 g/mol. The lowest BCUT2D eigenvalue weighted by Crippen LogP contribution is -2.40. The van der Waals surface area contributed by atoms with Gasteiger partial charge in [0.15, 0.2) is 0 Å². The molecule has 0 bridgehead atoms. The van der Waals surface area contributed by atoms with Crippen LogP contribution in [0.2, 0.25) is 0 Å². The minimum absolute atomic E-state index is 0.0604. The van der Waals surface area contributed by atoms with Gasteiger partial charge in [-0.05, 0) is 13.8 Å². The van der Waals surface area contributed by atoms with Crippen molar-refractivity contribution in [1.82, 2.24) is 9.88 Å². The van der Waals surface area contributed by atoms with Crippen molar-refractivity contribution in [2.45, 2.75) is 40.3 Å². The number of hydrogen-bond acceptors (Lipinski definition) is 1. The van der Waals surface area contributed by atoms with Crippen molar-refractivity contribution >= 4 is 5.91 Å². The van der Waals surface area contributed by atoms with Crippen LogP contribution in [0.4, 0.5) is 0 Å². The summed E-state index contributed by atoms with van der Waals surface area (Å²) in [4.78, 5) is 11.3. The molecule has 1 aromatic heterocycles. The van der Waals surface area contributed by atoms with E-state index in [2.05, 4.69) is 40.8 Å². The molecule has 0 atom stereocenters. The van der Waals surface area contributed by atoms with Crippen LogP contribution in [-0.4, -0.2) is 17.0 Å². The van der Waals surface area contributed by atoms with Crippen LogP contribution in [0.1, 0.15) is 33.7 Å². The first-order valence-electron chi connectivity index (χ1n) is 5.85. The number of nitrogens with one attached hydrogen (secondary N) is 1. The Balaban J connectivity index is 2.35. The minimum Gasteiger partial charge on any atom is -0.352 e. The Labute approximate surface area is 97.3 Å². The molecule has 0 spiro atoms. The molecule has 0 saturated carbocycles. The van der Waals surface area contributed by atoms with Crippen LogP contribution >= 0.6 is 0 Å². The molecule has 1 heterocycles. The minimum atomic E-state index is 0.0604. The van der Waals surface area contributed by atoms with E-state index in [-0.39, 0.29) is 11.8 Å². The van der Waals surface area contributed by atoms with Crippen LogP contribution < -0.4 is 9.88 Å². The highest BCUT2D eigenvalue weighted by molar-refractivity contribution is 5.77. The van der Waals surface area contributed by atoms with E-state index in [4.69, 9.17) is 0 Å². The molecule has 4 heteroatoms. The summed E-state index contributed by atoms with van der Waals surface area (Å²) in [6.45, 7) is 9.59. The van der Waals surface area contributed by atoms with Gasteiger partial charge in [0.05, 0.1) is 12.6 Å². The molecule has 1 amide bonds.